The van der Waals surface area contributed by atoms with E-state index in [9.17, 15) is 14.7 Å². The molecule has 1 unspecified atom stereocenters. The Balaban J connectivity index is 1.59. The minimum atomic E-state index is -0.961. The molecule has 0 aliphatic heterocycles. The highest BCUT2D eigenvalue weighted by Gasteiger charge is 2.37. The molecule has 1 amide bonds. The van der Waals surface area contributed by atoms with Crippen LogP contribution in [0.2, 0.25) is 0 Å². The van der Waals surface area contributed by atoms with Crippen LogP contribution < -0.4 is 10.6 Å². The van der Waals surface area contributed by atoms with Gasteiger partial charge >= 0.3 is 5.97 Å². The summed E-state index contributed by atoms with van der Waals surface area (Å²) in [6.07, 6.45) is 3.04. The van der Waals surface area contributed by atoms with Crippen molar-refractivity contribution in [3.05, 3.63) is 59.7 Å². The second kappa shape index (κ2) is 10.4. The lowest BCUT2D eigenvalue weighted by Crippen LogP contribution is -2.58. The van der Waals surface area contributed by atoms with Gasteiger partial charge in [-0.15, -0.1) is 0 Å². The van der Waals surface area contributed by atoms with Gasteiger partial charge in [-0.3, -0.25) is 4.79 Å². The van der Waals surface area contributed by atoms with Crippen LogP contribution >= 0.6 is 0 Å². The lowest BCUT2D eigenvalue weighted by atomic mass is 9.87. The van der Waals surface area contributed by atoms with Crippen molar-refractivity contribution in [3.8, 4) is 0 Å². The number of benzene rings is 2. The number of furan rings is 1. The molecule has 0 radical (unpaired) electrons. The summed E-state index contributed by atoms with van der Waals surface area (Å²) in [7, 11) is 0. The van der Waals surface area contributed by atoms with Gasteiger partial charge < -0.3 is 24.9 Å². The normalized spacial score (nSPS) is 20.6. The third-order valence-electron chi connectivity index (χ3n) is 6.51. The first kappa shape index (κ1) is 24.0. The van der Waals surface area contributed by atoms with Crippen molar-refractivity contribution >= 4 is 33.8 Å². The van der Waals surface area contributed by atoms with Gasteiger partial charge in [0.25, 0.3) is 0 Å². The van der Waals surface area contributed by atoms with E-state index < -0.39 is 12.1 Å². The molecular formula is C27H32N2O5. The van der Waals surface area contributed by atoms with Crippen LogP contribution in [0.1, 0.15) is 45.6 Å². The van der Waals surface area contributed by atoms with E-state index in [1.54, 1.807) is 6.08 Å². The standard InChI is InChI=1S/C27H32N2O5/c1-4-19(5-2)33-25-14-18(27(31)32)13-22(26(25)29-16(3)30)28-15-17-10-11-24-21(12-17)20-8-6-7-9-23(20)34-24/h6-12,14,19,22,25-26,28H,4-5,13,15H2,1-3H3,(H,29,30)(H,31,32)/t22-,25?,26+/m0/s1. The molecule has 0 saturated carbocycles. The van der Waals surface area contributed by atoms with Gasteiger partial charge in [-0.2, -0.15) is 0 Å². The van der Waals surface area contributed by atoms with Crippen LogP contribution in [-0.2, 0) is 20.9 Å². The van der Waals surface area contributed by atoms with Gasteiger partial charge in [0.2, 0.25) is 5.91 Å². The summed E-state index contributed by atoms with van der Waals surface area (Å²) in [5.41, 5.74) is 3.02. The van der Waals surface area contributed by atoms with E-state index in [2.05, 4.69) is 16.7 Å². The molecule has 0 spiro atoms. The third kappa shape index (κ3) is 5.16. The molecule has 0 bridgehead atoms. The van der Waals surface area contributed by atoms with Crippen LogP contribution in [0.5, 0.6) is 0 Å². The number of carboxylic acid groups (broad SMARTS) is 1. The molecule has 1 aromatic heterocycles. The van der Waals surface area contributed by atoms with E-state index in [1.807, 2.05) is 50.2 Å². The van der Waals surface area contributed by atoms with E-state index in [1.165, 1.54) is 6.92 Å². The zero-order valence-corrected chi connectivity index (χ0v) is 19.8. The van der Waals surface area contributed by atoms with E-state index in [0.717, 1.165) is 40.3 Å². The summed E-state index contributed by atoms with van der Waals surface area (Å²) >= 11 is 0. The molecule has 1 heterocycles. The summed E-state index contributed by atoms with van der Waals surface area (Å²) in [4.78, 5) is 23.9. The minimum Gasteiger partial charge on any atom is -0.478 e. The Morgan fingerprint density at radius 3 is 2.56 bits per heavy atom. The summed E-state index contributed by atoms with van der Waals surface area (Å²) < 4.78 is 12.2. The van der Waals surface area contributed by atoms with E-state index in [-0.39, 0.29) is 24.1 Å². The highest BCUT2D eigenvalue weighted by Crippen LogP contribution is 2.30. The van der Waals surface area contributed by atoms with Gasteiger partial charge in [-0.05, 0) is 49.1 Å². The Kier molecular flexibility index (Phi) is 7.34. The van der Waals surface area contributed by atoms with E-state index in [0.29, 0.717) is 18.5 Å². The van der Waals surface area contributed by atoms with Crippen molar-refractivity contribution in [2.75, 3.05) is 0 Å². The molecule has 3 atom stereocenters. The quantitative estimate of drug-likeness (QED) is 0.430. The van der Waals surface area contributed by atoms with Gasteiger partial charge in [0.05, 0.1) is 18.2 Å². The predicted molar refractivity (Wildman–Crippen MR) is 132 cm³/mol. The van der Waals surface area contributed by atoms with Crippen LogP contribution in [-0.4, -0.2) is 41.3 Å². The molecule has 0 saturated heterocycles. The van der Waals surface area contributed by atoms with Crippen LogP contribution in [0.4, 0.5) is 0 Å². The fraction of sp³-hybridized carbons (Fsp3) is 0.407. The highest BCUT2D eigenvalue weighted by molar-refractivity contribution is 6.04. The molecular weight excluding hydrogens is 432 g/mol. The van der Waals surface area contributed by atoms with Crippen molar-refractivity contribution in [1.82, 2.24) is 10.6 Å². The predicted octanol–water partition coefficient (Wildman–Crippen LogP) is 4.54. The molecule has 0 fully saturated rings. The Morgan fingerprint density at radius 2 is 1.85 bits per heavy atom. The van der Waals surface area contributed by atoms with Crippen LogP contribution in [0.25, 0.3) is 21.9 Å². The van der Waals surface area contributed by atoms with Gasteiger partial charge in [-0.1, -0.05) is 38.1 Å². The maximum absolute atomic E-state index is 12.0. The average Bonchev–Trinajstić information content (AvgIpc) is 3.19. The Labute approximate surface area is 199 Å². The molecule has 7 nitrogen and oxygen atoms in total. The molecule has 4 rings (SSSR count). The molecule has 34 heavy (non-hydrogen) atoms. The van der Waals surface area contributed by atoms with Gasteiger partial charge in [0, 0.05) is 35.9 Å². The first-order valence-electron chi connectivity index (χ1n) is 11.9. The maximum atomic E-state index is 12.0. The fourth-order valence-electron chi connectivity index (χ4n) is 4.70. The van der Waals surface area contributed by atoms with Crippen LogP contribution in [0.3, 0.4) is 0 Å². The van der Waals surface area contributed by atoms with Crippen molar-refractivity contribution < 1.29 is 23.8 Å². The largest absolute Gasteiger partial charge is 0.478 e. The zero-order chi connectivity index (χ0) is 24.2. The van der Waals surface area contributed by atoms with E-state index >= 15 is 0 Å². The summed E-state index contributed by atoms with van der Waals surface area (Å²) in [5, 5.41) is 18.3. The number of para-hydroxylation sites is 1. The minimum absolute atomic E-state index is 0.0110. The van der Waals surface area contributed by atoms with Gasteiger partial charge in [0.1, 0.15) is 11.2 Å². The first-order chi connectivity index (χ1) is 16.4. The fourth-order valence-corrected chi connectivity index (χ4v) is 4.70. The monoisotopic (exact) mass is 464 g/mol. The van der Waals surface area contributed by atoms with Gasteiger partial charge in [0.15, 0.2) is 0 Å². The number of rotatable bonds is 9. The number of hydrogen-bond acceptors (Lipinski definition) is 5. The molecule has 3 N–H and O–H groups in total. The lowest BCUT2D eigenvalue weighted by molar-refractivity contribution is -0.133. The maximum Gasteiger partial charge on any atom is 0.331 e. The van der Waals surface area contributed by atoms with Crippen molar-refractivity contribution in [1.29, 1.82) is 0 Å². The smallest absolute Gasteiger partial charge is 0.331 e. The Morgan fingerprint density at radius 1 is 1.12 bits per heavy atom. The number of fused-ring (bicyclic) bond motifs is 3. The number of carbonyl (C=O) groups is 2. The third-order valence-corrected chi connectivity index (χ3v) is 6.51. The highest BCUT2D eigenvalue weighted by atomic mass is 16.5. The molecule has 7 heteroatoms. The van der Waals surface area contributed by atoms with E-state index in [4.69, 9.17) is 9.15 Å². The van der Waals surface area contributed by atoms with Crippen molar-refractivity contribution in [2.45, 2.75) is 70.9 Å². The summed E-state index contributed by atoms with van der Waals surface area (Å²) in [5.74, 6) is -1.13. The number of ether oxygens (including phenoxy) is 1. The number of carboxylic acids is 1. The number of amides is 1. The molecule has 180 valence electrons. The molecule has 1 aliphatic rings. The number of hydrogen-bond donors (Lipinski definition) is 3. The zero-order valence-electron chi connectivity index (χ0n) is 19.8. The van der Waals surface area contributed by atoms with Crippen LogP contribution in [0.15, 0.2) is 58.5 Å². The average molecular weight is 465 g/mol. The van der Waals surface area contributed by atoms with Crippen LogP contribution in [0, 0.1) is 0 Å². The summed E-state index contributed by atoms with van der Waals surface area (Å²) in [6, 6.07) is 13.3. The second-order valence-corrected chi connectivity index (χ2v) is 8.88. The number of carbonyl (C=O) groups excluding carboxylic acids is 1. The number of aliphatic carboxylic acids is 1. The van der Waals surface area contributed by atoms with Gasteiger partial charge in [-0.25, -0.2) is 4.79 Å². The summed E-state index contributed by atoms with van der Waals surface area (Å²) in [6.45, 7) is 6.07. The molecule has 1 aliphatic carbocycles. The SMILES string of the molecule is CCC(CC)OC1C=C(C(=O)O)C[C@H](NCc2ccc3oc4ccccc4c3c2)[C@H]1NC(C)=O. The van der Waals surface area contributed by atoms with Crippen molar-refractivity contribution in [3.63, 3.8) is 0 Å². The second-order valence-electron chi connectivity index (χ2n) is 8.88. The molecule has 2 aromatic carbocycles. The Bertz CT molecular complexity index is 1210. The topological polar surface area (TPSA) is 101 Å². The number of nitrogens with one attached hydrogen (secondary N) is 2. The molecule has 3 aromatic rings. The Hall–Kier alpha value is -3.16. The van der Waals surface area contributed by atoms with Crippen molar-refractivity contribution in [2.24, 2.45) is 0 Å². The lowest BCUT2D eigenvalue weighted by Gasteiger charge is -2.38. The first-order valence-corrected chi connectivity index (χ1v) is 11.9.